The van der Waals surface area contributed by atoms with Crippen molar-refractivity contribution in [1.29, 1.82) is 0 Å². The molecular formula is C16H19FIN3O3. The number of halogens is 2. The molecule has 0 radical (unpaired) electrons. The fraction of sp³-hybridized carbons (Fsp3) is 0.250. The Morgan fingerprint density at radius 2 is 2.04 bits per heavy atom. The lowest BCUT2D eigenvalue weighted by Gasteiger charge is -2.12. The van der Waals surface area contributed by atoms with Gasteiger partial charge in [0.1, 0.15) is 11.6 Å². The summed E-state index contributed by atoms with van der Waals surface area (Å²) in [6.45, 7) is 0.631. The van der Waals surface area contributed by atoms with Crippen molar-refractivity contribution in [2.24, 2.45) is 4.99 Å². The number of guanidine groups is 1. The number of esters is 1. The average Bonchev–Trinajstić information content (AvgIpc) is 3.09. The maximum Gasteiger partial charge on any atom is 0.337 e. The zero-order valence-corrected chi connectivity index (χ0v) is 15.7. The molecular weight excluding hydrogens is 428 g/mol. The van der Waals surface area contributed by atoms with Crippen LogP contribution in [0, 0.1) is 5.82 Å². The minimum Gasteiger partial charge on any atom is -0.467 e. The number of nitrogens with zero attached hydrogens (tertiary/aromatic N) is 1. The zero-order valence-electron chi connectivity index (χ0n) is 13.3. The fourth-order valence-electron chi connectivity index (χ4n) is 1.94. The normalized spacial score (nSPS) is 10.7. The van der Waals surface area contributed by atoms with Gasteiger partial charge in [0.25, 0.3) is 0 Å². The van der Waals surface area contributed by atoms with E-state index in [0.717, 1.165) is 5.76 Å². The van der Waals surface area contributed by atoms with E-state index in [-0.39, 0.29) is 30.5 Å². The second kappa shape index (κ2) is 9.91. The molecule has 0 fully saturated rings. The molecule has 0 spiro atoms. The lowest BCUT2D eigenvalue weighted by atomic mass is 10.1. The number of methoxy groups -OCH3 is 1. The van der Waals surface area contributed by atoms with Crippen molar-refractivity contribution in [3.05, 3.63) is 59.3 Å². The number of carbonyl (C=O) groups is 1. The van der Waals surface area contributed by atoms with E-state index >= 15 is 0 Å². The van der Waals surface area contributed by atoms with E-state index in [1.165, 1.54) is 25.3 Å². The van der Waals surface area contributed by atoms with Gasteiger partial charge in [0.15, 0.2) is 5.96 Å². The molecule has 6 nitrogen and oxygen atoms in total. The minimum atomic E-state index is -0.508. The summed E-state index contributed by atoms with van der Waals surface area (Å²) in [6, 6.07) is 7.70. The Hall–Kier alpha value is -2.10. The molecule has 2 N–H and O–H groups in total. The lowest BCUT2D eigenvalue weighted by Crippen LogP contribution is -2.36. The average molecular weight is 447 g/mol. The highest BCUT2D eigenvalue weighted by Gasteiger charge is 2.10. The van der Waals surface area contributed by atoms with E-state index in [1.54, 1.807) is 19.4 Å². The number of rotatable bonds is 5. The van der Waals surface area contributed by atoms with Gasteiger partial charge in [0, 0.05) is 19.2 Å². The standard InChI is InChI=1S/C16H18FN3O3.HI/c1-18-16(20-10-13-4-3-7-23-13)19-9-12-8-11(15(21)22-2)5-6-14(12)17;/h3-8H,9-10H2,1-2H3,(H2,18,19,20);1H. The van der Waals surface area contributed by atoms with Crippen LogP contribution in [-0.4, -0.2) is 26.1 Å². The largest absolute Gasteiger partial charge is 0.467 e. The Labute approximate surface area is 156 Å². The predicted molar refractivity (Wildman–Crippen MR) is 98.9 cm³/mol. The monoisotopic (exact) mass is 447 g/mol. The van der Waals surface area contributed by atoms with E-state index in [1.807, 2.05) is 6.07 Å². The molecule has 1 heterocycles. The molecule has 0 amide bonds. The SMILES string of the molecule is CN=C(NCc1ccco1)NCc1cc(C(=O)OC)ccc1F.I. The molecule has 0 atom stereocenters. The van der Waals surface area contributed by atoms with Gasteiger partial charge in [-0.1, -0.05) is 0 Å². The van der Waals surface area contributed by atoms with Crippen LogP contribution in [0.3, 0.4) is 0 Å². The van der Waals surface area contributed by atoms with Crippen LogP contribution in [0.25, 0.3) is 0 Å². The summed E-state index contributed by atoms with van der Waals surface area (Å²) in [7, 11) is 2.89. The summed E-state index contributed by atoms with van der Waals surface area (Å²) < 4.78 is 23.7. The van der Waals surface area contributed by atoms with E-state index < -0.39 is 11.8 Å². The first-order chi connectivity index (χ1) is 11.1. The van der Waals surface area contributed by atoms with Crippen molar-refractivity contribution < 1.29 is 18.3 Å². The van der Waals surface area contributed by atoms with Crippen molar-refractivity contribution in [2.75, 3.05) is 14.2 Å². The molecule has 0 saturated heterocycles. The van der Waals surface area contributed by atoms with Gasteiger partial charge in [0.2, 0.25) is 0 Å². The van der Waals surface area contributed by atoms with Gasteiger partial charge in [-0.3, -0.25) is 4.99 Å². The van der Waals surface area contributed by atoms with Crippen LogP contribution in [0.2, 0.25) is 0 Å². The van der Waals surface area contributed by atoms with Crippen molar-refractivity contribution in [2.45, 2.75) is 13.1 Å². The molecule has 1 aromatic heterocycles. The molecule has 8 heteroatoms. The van der Waals surface area contributed by atoms with Crippen LogP contribution in [0.15, 0.2) is 46.0 Å². The van der Waals surface area contributed by atoms with Crippen LogP contribution in [0.5, 0.6) is 0 Å². The van der Waals surface area contributed by atoms with Crippen LogP contribution in [0.4, 0.5) is 4.39 Å². The zero-order chi connectivity index (χ0) is 16.7. The summed E-state index contributed by atoms with van der Waals surface area (Å²) in [5.74, 6) is 0.328. The number of furan rings is 1. The molecule has 0 bridgehead atoms. The predicted octanol–water partition coefficient (Wildman–Crippen LogP) is 2.69. The molecule has 0 aliphatic rings. The molecule has 0 unspecified atom stereocenters. The van der Waals surface area contributed by atoms with Crippen LogP contribution >= 0.6 is 24.0 Å². The number of carbonyl (C=O) groups excluding carboxylic acids is 1. The Morgan fingerprint density at radius 3 is 2.67 bits per heavy atom. The molecule has 0 aliphatic carbocycles. The number of hydrogen-bond donors (Lipinski definition) is 2. The lowest BCUT2D eigenvalue weighted by molar-refractivity contribution is 0.0600. The first-order valence-electron chi connectivity index (χ1n) is 6.97. The molecule has 2 aromatic rings. The summed E-state index contributed by atoms with van der Waals surface area (Å²) in [4.78, 5) is 15.5. The van der Waals surface area contributed by atoms with Gasteiger partial charge in [-0.05, 0) is 30.3 Å². The van der Waals surface area contributed by atoms with Crippen molar-refractivity contribution in [3.8, 4) is 0 Å². The maximum atomic E-state index is 13.8. The van der Waals surface area contributed by atoms with E-state index in [9.17, 15) is 9.18 Å². The Morgan fingerprint density at radius 1 is 1.29 bits per heavy atom. The van der Waals surface area contributed by atoms with Crippen molar-refractivity contribution >= 4 is 35.9 Å². The van der Waals surface area contributed by atoms with Crippen LogP contribution in [0.1, 0.15) is 21.7 Å². The highest BCUT2D eigenvalue weighted by molar-refractivity contribution is 14.0. The Bertz CT molecular complexity index is 690. The second-order valence-corrected chi connectivity index (χ2v) is 4.66. The number of ether oxygens (including phenoxy) is 1. The van der Waals surface area contributed by atoms with Crippen molar-refractivity contribution in [1.82, 2.24) is 10.6 Å². The maximum absolute atomic E-state index is 13.8. The smallest absolute Gasteiger partial charge is 0.337 e. The van der Waals surface area contributed by atoms with Gasteiger partial charge in [-0.15, -0.1) is 24.0 Å². The van der Waals surface area contributed by atoms with E-state index in [0.29, 0.717) is 23.6 Å². The third-order valence-corrected chi connectivity index (χ3v) is 3.15. The topological polar surface area (TPSA) is 75.9 Å². The number of aliphatic imine (C=N–C) groups is 1. The Balaban J connectivity index is 0.00000288. The molecule has 0 aliphatic heterocycles. The summed E-state index contributed by atoms with van der Waals surface area (Å²) in [6.07, 6.45) is 1.58. The molecule has 24 heavy (non-hydrogen) atoms. The van der Waals surface area contributed by atoms with Crippen LogP contribution in [-0.2, 0) is 17.8 Å². The highest BCUT2D eigenvalue weighted by Crippen LogP contribution is 2.11. The molecule has 130 valence electrons. The van der Waals surface area contributed by atoms with Gasteiger partial charge < -0.3 is 19.8 Å². The van der Waals surface area contributed by atoms with Gasteiger partial charge in [0.05, 0.1) is 25.5 Å². The molecule has 0 saturated carbocycles. The number of benzene rings is 1. The van der Waals surface area contributed by atoms with E-state index in [2.05, 4.69) is 20.4 Å². The van der Waals surface area contributed by atoms with E-state index in [4.69, 9.17) is 4.42 Å². The quantitative estimate of drug-likeness (QED) is 0.319. The van der Waals surface area contributed by atoms with Crippen LogP contribution < -0.4 is 10.6 Å². The van der Waals surface area contributed by atoms with Gasteiger partial charge in [-0.2, -0.15) is 0 Å². The second-order valence-electron chi connectivity index (χ2n) is 4.66. The van der Waals surface area contributed by atoms with Gasteiger partial charge in [-0.25, -0.2) is 9.18 Å². The third kappa shape index (κ3) is 5.52. The number of nitrogens with one attached hydrogen (secondary N) is 2. The molecule has 2 rings (SSSR count). The number of hydrogen-bond acceptors (Lipinski definition) is 4. The van der Waals surface area contributed by atoms with Gasteiger partial charge >= 0.3 is 5.97 Å². The van der Waals surface area contributed by atoms with Crippen molar-refractivity contribution in [3.63, 3.8) is 0 Å². The summed E-state index contributed by atoms with van der Waals surface area (Å²) in [5, 5.41) is 6.02. The Kier molecular flexibility index (Phi) is 8.24. The summed E-state index contributed by atoms with van der Waals surface area (Å²) >= 11 is 0. The minimum absolute atomic E-state index is 0. The first kappa shape index (κ1) is 19.9. The first-order valence-corrected chi connectivity index (χ1v) is 6.97. The molecule has 1 aromatic carbocycles. The summed E-state index contributed by atoms with van der Waals surface area (Å²) in [5.41, 5.74) is 0.637. The fourth-order valence-corrected chi connectivity index (χ4v) is 1.94. The third-order valence-electron chi connectivity index (χ3n) is 3.15. The highest BCUT2D eigenvalue weighted by atomic mass is 127.